The molecule has 2 unspecified atom stereocenters. The second kappa shape index (κ2) is 17.1. The van der Waals surface area contributed by atoms with E-state index in [9.17, 15) is 28.2 Å². The first-order chi connectivity index (χ1) is 25.8. The molecule has 0 bridgehead atoms. The summed E-state index contributed by atoms with van der Waals surface area (Å²) in [7, 11) is 0. The number of halogens is 5. The highest BCUT2D eigenvalue weighted by Crippen LogP contribution is 2.37. The van der Waals surface area contributed by atoms with Crippen molar-refractivity contribution in [1.82, 2.24) is 24.4 Å². The molecule has 2 aromatic heterocycles. The number of carbonyl (C=O) groups is 1. The van der Waals surface area contributed by atoms with E-state index in [1.807, 2.05) is 4.90 Å². The third-order valence-corrected chi connectivity index (χ3v) is 9.01. The Morgan fingerprint density at radius 3 is 2.57 bits per heavy atom. The van der Waals surface area contributed by atoms with Crippen LogP contribution in [0.25, 0.3) is 11.2 Å². The van der Waals surface area contributed by atoms with Crippen LogP contribution in [0.1, 0.15) is 17.4 Å². The number of hydrogen-bond donors (Lipinski definition) is 3. The summed E-state index contributed by atoms with van der Waals surface area (Å²) >= 11 is 5.97. The second-order valence-corrected chi connectivity index (χ2v) is 12.9. The van der Waals surface area contributed by atoms with Crippen LogP contribution in [-0.4, -0.2) is 123 Å². The third-order valence-electron chi connectivity index (χ3n) is 8.84. The minimum absolute atomic E-state index is 0.0119. The fourth-order valence-corrected chi connectivity index (χ4v) is 6.26. The van der Waals surface area contributed by atoms with Crippen LogP contribution in [0.5, 0.6) is 5.75 Å². The zero-order valence-corrected chi connectivity index (χ0v) is 29.2. The summed E-state index contributed by atoms with van der Waals surface area (Å²) in [5.41, 5.74) is 4.09. The van der Waals surface area contributed by atoms with E-state index in [1.54, 1.807) is 30.3 Å². The molecule has 2 aliphatic heterocycles. The molecule has 2 fully saturated rings. The van der Waals surface area contributed by atoms with E-state index >= 15 is 4.39 Å². The highest BCUT2D eigenvalue weighted by Gasteiger charge is 2.53. The van der Waals surface area contributed by atoms with E-state index in [4.69, 9.17) is 41.0 Å². The standard InChI is InChI=1S/C34H37ClF4N6O9/c35-32-42-27(40)25-28(43-32)45(19-41-25)29-24(36)26(46)23(53-29)18-52-33(31(48)51-17-20-5-2-1-3-6-20,30(47)50-14-11-44-9-12-49-13-10-44)16-21-7-4-8-22(15-21)54-34(37,38)39/h1-8,15,19,23-24,26,29-30,46-47H,9-14,16-18H2,(H2,40,42,43)/t23-,24+,26-,29-,30?,33?/m1/s1. The summed E-state index contributed by atoms with van der Waals surface area (Å²) in [5, 5.41) is 22.5. The first kappa shape index (κ1) is 39.5. The lowest BCUT2D eigenvalue weighted by atomic mass is 9.92. The number of benzene rings is 2. The number of nitrogens with two attached hydrogens (primary N) is 1. The third kappa shape index (κ3) is 9.35. The van der Waals surface area contributed by atoms with Gasteiger partial charge in [0.2, 0.25) is 10.9 Å². The average molecular weight is 785 g/mol. The first-order valence-electron chi connectivity index (χ1n) is 16.8. The molecule has 2 aliphatic rings. The van der Waals surface area contributed by atoms with E-state index < -0.39 is 67.6 Å². The van der Waals surface area contributed by atoms with Crippen molar-refractivity contribution in [2.24, 2.45) is 0 Å². The van der Waals surface area contributed by atoms with Gasteiger partial charge in [0.05, 0.1) is 32.8 Å². The topological polar surface area (TPSA) is 186 Å². The van der Waals surface area contributed by atoms with Crippen molar-refractivity contribution in [3.05, 3.63) is 77.3 Å². The number of aliphatic hydroxyl groups is 2. The smallest absolute Gasteiger partial charge is 0.459 e. The van der Waals surface area contributed by atoms with Crippen LogP contribution in [-0.2, 0) is 41.5 Å². The Balaban J connectivity index is 1.30. The van der Waals surface area contributed by atoms with Gasteiger partial charge in [-0.05, 0) is 34.9 Å². The van der Waals surface area contributed by atoms with Crippen molar-refractivity contribution in [3.8, 4) is 5.75 Å². The van der Waals surface area contributed by atoms with Crippen LogP contribution in [0.3, 0.4) is 0 Å². The van der Waals surface area contributed by atoms with E-state index in [-0.39, 0.29) is 41.0 Å². The number of imidazole rings is 1. The van der Waals surface area contributed by atoms with Crippen molar-refractivity contribution >= 4 is 34.6 Å². The molecule has 0 radical (unpaired) electrons. The normalized spacial score (nSPS) is 22.6. The summed E-state index contributed by atoms with van der Waals surface area (Å²) < 4.78 is 89.3. The molecule has 0 saturated carbocycles. The SMILES string of the molecule is Nc1nc(Cl)nc2c1ncn2[C@@H]1O[C@H](COC(Cc2cccc(OC(F)(F)F)c2)(C(=O)OCc2ccccc2)C(O)OCCN2CCOCC2)[C@@H](O)[C@@H]1F. The predicted molar refractivity (Wildman–Crippen MR) is 181 cm³/mol. The lowest BCUT2D eigenvalue weighted by Crippen LogP contribution is -2.57. The fraction of sp³-hybridized carbons (Fsp3) is 0.471. The van der Waals surface area contributed by atoms with E-state index in [2.05, 4.69) is 19.7 Å². The minimum atomic E-state index is -5.03. The fourth-order valence-electron chi connectivity index (χ4n) is 6.09. The summed E-state index contributed by atoms with van der Waals surface area (Å²) in [5.74, 6) is -1.86. The maximum atomic E-state index is 15.8. The van der Waals surface area contributed by atoms with E-state index in [1.165, 1.54) is 18.5 Å². The maximum absolute atomic E-state index is 15.8. The highest BCUT2D eigenvalue weighted by molar-refractivity contribution is 6.28. The Morgan fingerprint density at radius 2 is 1.83 bits per heavy atom. The number of nitrogens with zero attached hydrogens (tertiary/aromatic N) is 5. The molecule has 6 atom stereocenters. The van der Waals surface area contributed by atoms with Gasteiger partial charge in [-0.3, -0.25) is 9.47 Å². The maximum Gasteiger partial charge on any atom is 0.573 e. The number of carbonyl (C=O) groups excluding carboxylic acids is 1. The van der Waals surface area contributed by atoms with Gasteiger partial charge < -0.3 is 44.4 Å². The zero-order valence-electron chi connectivity index (χ0n) is 28.5. The molecule has 15 nitrogen and oxygen atoms in total. The van der Waals surface area contributed by atoms with Gasteiger partial charge in [-0.25, -0.2) is 14.2 Å². The van der Waals surface area contributed by atoms with Crippen molar-refractivity contribution in [2.45, 2.75) is 55.9 Å². The van der Waals surface area contributed by atoms with Crippen LogP contribution in [0, 0.1) is 0 Å². The quantitative estimate of drug-likeness (QED) is 0.0692. The molecule has 0 amide bonds. The predicted octanol–water partition coefficient (Wildman–Crippen LogP) is 2.97. The van der Waals surface area contributed by atoms with Crippen molar-refractivity contribution < 1.29 is 61.0 Å². The molecule has 2 aromatic carbocycles. The summed E-state index contributed by atoms with van der Waals surface area (Å²) in [4.78, 5) is 28.2. The van der Waals surface area contributed by atoms with Crippen LogP contribution in [0.4, 0.5) is 23.4 Å². The number of hydrogen-bond acceptors (Lipinski definition) is 14. The van der Waals surface area contributed by atoms with Crippen molar-refractivity contribution in [1.29, 1.82) is 0 Å². The van der Waals surface area contributed by atoms with E-state index in [0.717, 1.165) is 16.7 Å². The number of ether oxygens (including phenoxy) is 6. The summed E-state index contributed by atoms with van der Waals surface area (Å²) in [6, 6.07) is 13.2. The number of aromatic nitrogens is 4. The number of rotatable bonds is 15. The van der Waals surface area contributed by atoms with Gasteiger partial charge in [0.1, 0.15) is 30.1 Å². The van der Waals surface area contributed by atoms with Crippen LogP contribution >= 0.6 is 11.6 Å². The summed E-state index contributed by atoms with van der Waals surface area (Å²) in [6.45, 7) is 1.32. The number of nitrogen functional groups attached to an aromatic ring is 1. The number of anilines is 1. The molecule has 6 rings (SSSR count). The lowest BCUT2D eigenvalue weighted by molar-refractivity contribution is -0.274. The van der Waals surface area contributed by atoms with Gasteiger partial charge in [0, 0.05) is 26.1 Å². The molecule has 0 aliphatic carbocycles. The number of alkyl halides is 4. The molecule has 4 aromatic rings. The van der Waals surface area contributed by atoms with Crippen molar-refractivity contribution in [2.75, 3.05) is 51.8 Å². The molecule has 20 heteroatoms. The lowest BCUT2D eigenvalue weighted by Gasteiger charge is -2.37. The Labute approximate surface area is 310 Å². The number of esters is 1. The molecular weight excluding hydrogens is 748 g/mol. The second-order valence-electron chi connectivity index (χ2n) is 12.5. The first-order valence-corrected chi connectivity index (χ1v) is 17.1. The van der Waals surface area contributed by atoms with E-state index in [0.29, 0.717) is 38.4 Å². The molecule has 2 saturated heterocycles. The minimum Gasteiger partial charge on any atom is -0.459 e. The number of morpholine rings is 1. The molecular formula is C34H37ClF4N6O9. The van der Waals surface area contributed by atoms with Gasteiger partial charge >= 0.3 is 12.3 Å². The van der Waals surface area contributed by atoms with Gasteiger partial charge in [-0.2, -0.15) is 9.97 Å². The summed E-state index contributed by atoms with van der Waals surface area (Å²) in [6.07, 6.45) is -13.6. The number of fused-ring (bicyclic) bond motifs is 1. The zero-order chi connectivity index (χ0) is 38.5. The van der Waals surface area contributed by atoms with Crippen molar-refractivity contribution in [3.63, 3.8) is 0 Å². The Kier molecular flexibility index (Phi) is 12.5. The van der Waals surface area contributed by atoms with Gasteiger partial charge in [0.15, 0.2) is 30.2 Å². The van der Waals surface area contributed by atoms with Crippen LogP contribution in [0.15, 0.2) is 60.9 Å². The number of aliphatic hydroxyl groups excluding tert-OH is 2. The van der Waals surface area contributed by atoms with Gasteiger partial charge in [-0.1, -0.05) is 42.5 Å². The molecule has 4 heterocycles. The molecule has 0 spiro atoms. The Bertz CT molecular complexity index is 1870. The largest absolute Gasteiger partial charge is 0.573 e. The molecule has 54 heavy (non-hydrogen) atoms. The Hall–Kier alpha value is -4.21. The molecule has 292 valence electrons. The van der Waals surface area contributed by atoms with Crippen LogP contribution < -0.4 is 10.5 Å². The van der Waals surface area contributed by atoms with Gasteiger partial charge in [-0.15, -0.1) is 13.2 Å². The van der Waals surface area contributed by atoms with Gasteiger partial charge in [0.25, 0.3) is 0 Å². The average Bonchev–Trinajstić information content (AvgIpc) is 3.68. The van der Waals surface area contributed by atoms with Crippen LogP contribution in [0.2, 0.25) is 5.28 Å². The Morgan fingerprint density at radius 1 is 1.09 bits per heavy atom. The molecule has 4 N–H and O–H groups in total. The monoisotopic (exact) mass is 784 g/mol. The highest BCUT2D eigenvalue weighted by atomic mass is 35.5.